The van der Waals surface area contributed by atoms with Crippen molar-refractivity contribution in [2.45, 2.75) is 11.6 Å². The van der Waals surface area contributed by atoms with Gasteiger partial charge in [0.1, 0.15) is 5.75 Å². The summed E-state index contributed by atoms with van der Waals surface area (Å²) in [7, 11) is 3.32. The second-order valence-corrected chi connectivity index (χ2v) is 6.65. The molecule has 3 rings (SSSR count). The average molecular weight is 369 g/mol. The predicted octanol–water partition coefficient (Wildman–Crippen LogP) is 2.35. The van der Waals surface area contributed by atoms with E-state index in [-0.39, 0.29) is 17.2 Å². The minimum Gasteiger partial charge on any atom is -0.497 e. The summed E-state index contributed by atoms with van der Waals surface area (Å²) in [5, 5.41) is 3.17. The predicted molar refractivity (Wildman–Crippen MR) is 103 cm³/mol. The molecule has 3 aromatic rings. The molecule has 0 bridgehead atoms. The third-order valence-electron chi connectivity index (χ3n) is 3.94. The van der Waals surface area contributed by atoms with Crippen molar-refractivity contribution in [2.75, 3.05) is 12.9 Å². The maximum Gasteiger partial charge on any atom is 0.283 e. The number of fused-ring (bicyclic) bond motifs is 1. The summed E-state index contributed by atoms with van der Waals surface area (Å²) in [5.41, 5.74) is 2.28. The molecular weight excluding hydrogens is 350 g/mol. The summed E-state index contributed by atoms with van der Waals surface area (Å²) in [4.78, 5) is 28.8. The van der Waals surface area contributed by atoms with Gasteiger partial charge in [-0.25, -0.2) is 4.98 Å². The average Bonchev–Trinajstić information content (AvgIpc) is 2.68. The molecule has 1 N–H and O–H groups in total. The maximum atomic E-state index is 12.4. The molecule has 7 heteroatoms. The van der Waals surface area contributed by atoms with E-state index in [1.54, 1.807) is 18.7 Å². The number of carbonyl (C=O) groups excluding carboxylic acids is 1. The number of thioether (sulfide) groups is 1. The van der Waals surface area contributed by atoms with Gasteiger partial charge in [-0.15, -0.1) is 0 Å². The largest absolute Gasteiger partial charge is 0.497 e. The standard InChI is InChI=1S/C19H19N3O3S/c1-22-16-6-4-3-5-15(16)21-18(19(22)24)26-12-17(23)20-11-13-7-9-14(25-2)10-8-13/h3-10H,11-12H2,1-2H3,(H,20,23). The van der Waals surface area contributed by atoms with E-state index in [1.807, 2.05) is 48.5 Å². The molecule has 0 radical (unpaired) electrons. The molecule has 1 aromatic heterocycles. The highest BCUT2D eigenvalue weighted by Gasteiger charge is 2.11. The van der Waals surface area contributed by atoms with Gasteiger partial charge < -0.3 is 14.6 Å². The Hall–Kier alpha value is -2.80. The molecule has 134 valence electrons. The number of ether oxygens (including phenoxy) is 1. The highest BCUT2D eigenvalue weighted by Crippen LogP contribution is 2.16. The zero-order chi connectivity index (χ0) is 18.5. The second-order valence-electron chi connectivity index (χ2n) is 5.68. The van der Waals surface area contributed by atoms with Crippen LogP contribution in [0.4, 0.5) is 0 Å². The Morgan fingerprint density at radius 1 is 1.19 bits per heavy atom. The van der Waals surface area contributed by atoms with Crippen molar-refractivity contribution in [3.8, 4) is 5.75 Å². The summed E-state index contributed by atoms with van der Waals surface area (Å²) in [6.07, 6.45) is 0. The number of nitrogens with zero attached hydrogens (tertiary/aromatic N) is 2. The van der Waals surface area contributed by atoms with Gasteiger partial charge in [-0.3, -0.25) is 9.59 Å². The van der Waals surface area contributed by atoms with Gasteiger partial charge in [0.05, 0.1) is 23.9 Å². The second kappa shape index (κ2) is 8.05. The van der Waals surface area contributed by atoms with E-state index >= 15 is 0 Å². The van der Waals surface area contributed by atoms with E-state index in [4.69, 9.17) is 4.74 Å². The van der Waals surface area contributed by atoms with Crippen molar-refractivity contribution >= 4 is 28.7 Å². The minimum absolute atomic E-state index is 0.136. The zero-order valence-corrected chi connectivity index (χ0v) is 15.4. The van der Waals surface area contributed by atoms with Crippen LogP contribution >= 0.6 is 11.8 Å². The quantitative estimate of drug-likeness (QED) is 0.675. The van der Waals surface area contributed by atoms with Crippen LogP contribution < -0.4 is 15.6 Å². The summed E-state index contributed by atoms with van der Waals surface area (Å²) < 4.78 is 6.66. The van der Waals surface area contributed by atoms with E-state index in [0.717, 1.165) is 34.1 Å². The first kappa shape index (κ1) is 18.0. The molecule has 0 fully saturated rings. The number of carbonyl (C=O) groups is 1. The number of aryl methyl sites for hydroxylation is 1. The third-order valence-corrected chi connectivity index (χ3v) is 4.89. The van der Waals surface area contributed by atoms with Crippen LogP contribution in [0.5, 0.6) is 5.75 Å². The lowest BCUT2D eigenvalue weighted by molar-refractivity contribution is -0.118. The van der Waals surface area contributed by atoms with Crippen molar-refractivity contribution in [1.82, 2.24) is 14.9 Å². The molecule has 0 aliphatic rings. The van der Waals surface area contributed by atoms with Crippen LogP contribution in [-0.2, 0) is 18.4 Å². The lowest BCUT2D eigenvalue weighted by atomic mass is 10.2. The number of amides is 1. The molecule has 26 heavy (non-hydrogen) atoms. The third kappa shape index (κ3) is 4.05. The first-order valence-electron chi connectivity index (χ1n) is 8.06. The van der Waals surface area contributed by atoms with Crippen molar-refractivity contribution < 1.29 is 9.53 Å². The van der Waals surface area contributed by atoms with Crippen LogP contribution in [-0.4, -0.2) is 28.3 Å². The van der Waals surface area contributed by atoms with Gasteiger partial charge in [0.2, 0.25) is 5.91 Å². The Kier molecular flexibility index (Phi) is 5.58. The fourth-order valence-electron chi connectivity index (χ4n) is 2.48. The first-order valence-corrected chi connectivity index (χ1v) is 9.05. The molecule has 1 amide bonds. The molecule has 0 saturated carbocycles. The molecular formula is C19H19N3O3S. The number of nitrogens with one attached hydrogen (secondary N) is 1. The van der Waals surface area contributed by atoms with E-state index < -0.39 is 0 Å². The zero-order valence-electron chi connectivity index (χ0n) is 14.6. The number of methoxy groups -OCH3 is 1. The van der Waals surface area contributed by atoms with Crippen LogP contribution in [0.3, 0.4) is 0 Å². The molecule has 0 atom stereocenters. The van der Waals surface area contributed by atoms with E-state index in [1.165, 1.54) is 0 Å². The van der Waals surface area contributed by atoms with Crippen LogP contribution in [0, 0.1) is 0 Å². The van der Waals surface area contributed by atoms with Crippen molar-refractivity contribution in [2.24, 2.45) is 7.05 Å². The van der Waals surface area contributed by atoms with Gasteiger partial charge in [0.15, 0.2) is 5.03 Å². The molecule has 0 unspecified atom stereocenters. The van der Waals surface area contributed by atoms with Gasteiger partial charge in [-0.1, -0.05) is 36.0 Å². The number of para-hydroxylation sites is 2. The molecule has 2 aromatic carbocycles. The number of aromatic nitrogens is 2. The number of hydrogen-bond acceptors (Lipinski definition) is 5. The van der Waals surface area contributed by atoms with Gasteiger partial charge >= 0.3 is 0 Å². The number of hydrogen-bond donors (Lipinski definition) is 1. The summed E-state index contributed by atoms with van der Waals surface area (Å²) in [5.74, 6) is 0.758. The molecule has 0 aliphatic carbocycles. The summed E-state index contributed by atoms with van der Waals surface area (Å²) in [6.45, 7) is 0.423. The lowest BCUT2D eigenvalue weighted by Crippen LogP contribution is -2.26. The SMILES string of the molecule is COc1ccc(CNC(=O)CSc2nc3ccccc3n(C)c2=O)cc1. The topological polar surface area (TPSA) is 73.2 Å². The Labute approximate surface area is 155 Å². The lowest BCUT2D eigenvalue weighted by Gasteiger charge is -2.08. The molecule has 6 nitrogen and oxygen atoms in total. The normalized spacial score (nSPS) is 10.7. The molecule has 1 heterocycles. The highest BCUT2D eigenvalue weighted by molar-refractivity contribution is 7.99. The monoisotopic (exact) mass is 369 g/mol. The van der Waals surface area contributed by atoms with Crippen molar-refractivity contribution in [3.05, 3.63) is 64.4 Å². The number of benzene rings is 2. The van der Waals surface area contributed by atoms with Crippen LogP contribution in [0.15, 0.2) is 58.4 Å². The van der Waals surface area contributed by atoms with E-state index in [9.17, 15) is 9.59 Å². The highest BCUT2D eigenvalue weighted by atomic mass is 32.2. The van der Waals surface area contributed by atoms with Crippen molar-refractivity contribution in [1.29, 1.82) is 0 Å². The fraction of sp³-hybridized carbons (Fsp3) is 0.211. The van der Waals surface area contributed by atoms with Gasteiger partial charge in [-0.2, -0.15) is 0 Å². The Bertz CT molecular complexity index is 983. The summed E-state index contributed by atoms with van der Waals surface area (Å²) in [6, 6.07) is 14.9. The molecule has 0 saturated heterocycles. The Morgan fingerprint density at radius 3 is 2.65 bits per heavy atom. The summed E-state index contributed by atoms with van der Waals surface area (Å²) >= 11 is 1.15. The van der Waals surface area contributed by atoms with E-state index in [2.05, 4.69) is 10.3 Å². The Balaban J connectivity index is 1.61. The first-order chi connectivity index (χ1) is 12.6. The van der Waals surface area contributed by atoms with Crippen LogP contribution in [0.25, 0.3) is 11.0 Å². The minimum atomic E-state index is -0.198. The Morgan fingerprint density at radius 2 is 1.92 bits per heavy atom. The van der Waals surface area contributed by atoms with Crippen LogP contribution in [0.1, 0.15) is 5.56 Å². The van der Waals surface area contributed by atoms with Gasteiger partial charge in [-0.05, 0) is 29.8 Å². The fourth-order valence-corrected chi connectivity index (χ4v) is 3.27. The smallest absolute Gasteiger partial charge is 0.283 e. The van der Waals surface area contributed by atoms with Gasteiger partial charge in [0, 0.05) is 13.6 Å². The maximum absolute atomic E-state index is 12.4. The van der Waals surface area contributed by atoms with Crippen LogP contribution in [0.2, 0.25) is 0 Å². The van der Waals surface area contributed by atoms with E-state index in [0.29, 0.717) is 11.6 Å². The molecule has 0 aliphatic heterocycles. The number of rotatable bonds is 6. The van der Waals surface area contributed by atoms with Gasteiger partial charge in [0.25, 0.3) is 5.56 Å². The van der Waals surface area contributed by atoms with Crippen molar-refractivity contribution in [3.63, 3.8) is 0 Å². The molecule has 0 spiro atoms.